The molecular weight excluding hydrogens is 449 g/mol. The van der Waals surface area contributed by atoms with Gasteiger partial charge in [-0.25, -0.2) is 9.78 Å². The van der Waals surface area contributed by atoms with E-state index in [0.717, 1.165) is 41.9 Å². The second-order valence-corrected chi connectivity index (χ2v) is 9.55. The summed E-state index contributed by atoms with van der Waals surface area (Å²) in [5.74, 6) is -0.751. The Bertz CT molecular complexity index is 1030. The van der Waals surface area contributed by atoms with Crippen molar-refractivity contribution in [2.75, 3.05) is 6.61 Å². The zero-order valence-corrected chi connectivity index (χ0v) is 21.0. The normalized spacial score (nSPS) is 10.9. The van der Waals surface area contributed by atoms with Crippen LogP contribution in [0.5, 0.6) is 11.5 Å². The van der Waals surface area contributed by atoms with Crippen LogP contribution in [0, 0.1) is 5.95 Å². The molecule has 0 aliphatic heterocycles. The molecule has 4 nitrogen and oxygen atoms in total. The molecule has 2 heterocycles. The van der Waals surface area contributed by atoms with Crippen LogP contribution in [-0.4, -0.2) is 17.6 Å². The van der Waals surface area contributed by atoms with Gasteiger partial charge in [-0.1, -0.05) is 52.4 Å². The fourth-order valence-electron chi connectivity index (χ4n) is 3.58. The van der Waals surface area contributed by atoms with Gasteiger partial charge in [0, 0.05) is 10.4 Å². The number of aromatic nitrogens is 1. The second-order valence-electron chi connectivity index (χ2n) is 8.39. The van der Waals surface area contributed by atoms with E-state index >= 15 is 0 Å². The van der Waals surface area contributed by atoms with Crippen LogP contribution >= 0.6 is 11.3 Å². The van der Waals surface area contributed by atoms with Crippen LogP contribution in [0.4, 0.5) is 4.39 Å². The summed E-state index contributed by atoms with van der Waals surface area (Å²) >= 11 is 1.39. The summed E-state index contributed by atoms with van der Waals surface area (Å²) < 4.78 is 25.6. The van der Waals surface area contributed by atoms with E-state index in [4.69, 9.17) is 9.47 Å². The van der Waals surface area contributed by atoms with Crippen LogP contribution in [-0.2, 0) is 6.42 Å². The molecule has 0 saturated carbocycles. The first-order valence-corrected chi connectivity index (χ1v) is 13.1. The highest BCUT2D eigenvalue weighted by Gasteiger charge is 2.16. The molecule has 0 radical (unpaired) electrons. The van der Waals surface area contributed by atoms with Crippen LogP contribution in [0.3, 0.4) is 0 Å². The fourth-order valence-corrected chi connectivity index (χ4v) is 4.50. The van der Waals surface area contributed by atoms with Gasteiger partial charge in [-0.2, -0.15) is 4.39 Å². The zero-order valence-electron chi connectivity index (χ0n) is 20.1. The number of ether oxygens (including phenoxy) is 2. The van der Waals surface area contributed by atoms with Crippen molar-refractivity contribution in [1.29, 1.82) is 0 Å². The number of nitrogens with zero attached hydrogens (tertiary/aromatic N) is 1. The smallest absolute Gasteiger partial charge is 0.353 e. The Kier molecular flexibility index (Phi) is 10.5. The molecule has 0 atom stereocenters. The monoisotopic (exact) mass is 483 g/mol. The number of pyridine rings is 1. The van der Waals surface area contributed by atoms with Crippen molar-refractivity contribution in [3.8, 4) is 22.8 Å². The Morgan fingerprint density at radius 1 is 0.882 bits per heavy atom. The zero-order chi connectivity index (χ0) is 24.2. The van der Waals surface area contributed by atoms with E-state index in [2.05, 4.69) is 18.8 Å². The van der Waals surface area contributed by atoms with Gasteiger partial charge < -0.3 is 9.47 Å². The number of carbonyl (C=O) groups excluding carboxylic acids is 1. The maximum absolute atomic E-state index is 14.6. The average molecular weight is 484 g/mol. The third-order valence-corrected chi connectivity index (χ3v) is 6.70. The van der Waals surface area contributed by atoms with Crippen molar-refractivity contribution < 1.29 is 18.7 Å². The molecule has 0 aliphatic carbocycles. The van der Waals surface area contributed by atoms with Gasteiger partial charge in [0.25, 0.3) is 5.95 Å². The maximum Gasteiger partial charge on any atom is 0.353 e. The molecule has 2 aromatic heterocycles. The van der Waals surface area contributed by atoms with E-state index in [1.54, 1.807) is 12.1 Å². The molecule has 0 unspecified atom stereocenters. The topological polar surface area (TPSA) is 48.4 Å². The van der Waals surface area contributed by atoms with Crippen molar-refractivity contribution in [3.05, 3.63) is 64.2 Å². The quantitative estimate of drug-likeness (QED) is 0.132. The first-order chi connectivity index (χ1) is 16.6. The fraction of sp³-hybridized carbons (Fsp3) is 0.429. The first-order valence-electron chi connectivity index (χ1n) is 12.3. The second kappa shape index (κ2) is 13.9. The Morgan fingerprint density at radius 3 is 2.35 bits per heavy atom. The molecule has 0 bridgehead atoms. The molecular formula is C28H34FNO3S. The third-order valence-electron chi connectivity index (χ3n) is 5.57. The van der Waals surface area contributed by atoms with Gasteiger partial charge in [0.15, 0.2) is 5.75 Å². The van der Waals surface area contributed by atoms with Gasteiger partial charge in [0.1, 0.15) is 10.6 Å². The number of unbranched alkanes of at least 4 members (excludes halogenated alkanes) is 6. The number of esters is 1. The van der Waals surface area contributed by atoms with E-state index in [-0.39, 0.29) is 5.75 Å². The van der Waals surface area contributed by atoms with Crippen molar-refractivity contribution >= 4 is 17.3 Å². The molecule has 34 heavy (non-hydrogen) atoms. The molecule has 182 valence electrons. The van der Waals surface area contributed by atoms with Gasteiger partial charge in [0.2, 0.25) is 0 Å². The third kappa shape index (κ3) is 7.94. The highest BCUT2D eigenvalue weighted by Crippen LogP contribution is 2.26. The molecule has 0 spiro atoms. The number of benzene rings is 1. The minimum Gasteiger partial charge on any atom is -0.494 e. The first kappa shape index (κ1) is 25.9. The number of aryl methyl sites for hydroxylation is 1. The molecule has 6 heteroatoms. The summed E-state index contributed by atoms with van der Waals surface area (Å²) in [6.07, 6.45) is 10.4. The van der Waals surface area contributed by atoms with Gasteiger partial charge in [-0.15, -0.1) is 11.3 Å². The number of hydrogen-bond donors (Lipinski definition) is 0. The van der Waals surface area contributed by atoms with E-state index in [9.17, 15) is 9.18 Å². The molecule has 3 rings (SSSR count). The summed E-state index contributed by atoms with van der Waals surface area (Å²) in [5, 5.41) is 0. The molecule has 1 aromatic carbocycles. The van der Waals surface area contributed by atoms with Crippen LogP contribution in [0.1, 0.15) is 79.8 Å². The minimum absolute atomic E-state index is 0.170. The maximum atomic E-state index is 14.6. The molecule has 0 saturated heterocycles. The minimum atomic E-state index is -0.808. The molecule has 3 aromatic rings. The highest BCUT2D eigenvalue weighted by atomic mass is 32.1. The van der Waals surface area contributed by atoms with E-state index in [1.807, 2.05) is 30.3 Å². The summed E-state index contributed by atoms with van der Waals surface area (Å²) in [4.78, 5) is 18.0. The average Bonchev–Trinajstić information content (AvgIpc) is 3.33. The van der Waals surface area contributed by atoms with Crippen molar-refractivity contribution in [3.63, 3.8) is 0 Å². The van der Waals surface area contributed by atoms with Crippen molar-refractivity contribution in [1.82, 2.24) is 4.98 Å². The van der Waals surface area contributed by atoms with Gasteiger partial charge in [0.05, 0.1) is 12.3 Å². The number of rotatable bonds is 14. The summed E-state index contributed by atoms with van der Waals surface area (Å²) in [7, 11) is 0. The Balaban J connectivity index is 1.52. The lowest BCUT2D eigenvalue weighted by molar-refractivity contribution is 0.0731. The Morgan fingerprint density at radius 2 is 1.62 bits per heavy atom. The lowest BCUT2D eigenvalue weighted by Crippen LogP contribution is -2.08. The van der Waals surface area contributed by atoms with Crippen LogP contribution in [0.15, 0.2) is 48.5 Å². The number of hydrogen-bond acceptors (Lipinski definition) is 5. The number of thiophene rings is 1. The van der Waals surface area contributed by atoms with Crippen molar-refractivity contribution in [2.45, 2.75) is 71.6 Å². The molecule has 0 aliphatic rings. The molecule has 0 amide bonds. The molecule has 0 fully saturated rings. The molecule has 0 N–H and O–H groups in total. The summed E-state index contributed by atoms with van der Waals surface area (Å²) in [5.41, 5.74) is 1.24. The van der Waals surface area contributed by atoms with E-state index < -0.39 is 11.9 Å². The van der Waals surface area contributed by atoms with Gasteiger partial charge in [-0.3, -0.25) is 0 Å². The highest BCUT2D eigenvalue weighted by molar-refractivity contribution is 7.13. The number of carbonyl (C=O) groups is 1. The summed E-state index contributed by atoms with van der Waals surface area (Å²) in [6, 6.07) is 14.2. The van der Waals surface area contributed by atoms with Gasteiger partial charge >= 0.3 is 5.97 Å². The van der Waals surface area contributed by atoms with E-state index in [1.165, 1.54) is 49.5 Å². The predicted octanol–water partition coefficient (Wildman–Crippen LogP) is 8.25. The predicted molar refractivity (Wildman–Crippen MR) is 136 cm³/mol. The van der Waals surface area contributed by atoms with Crippen LogP contribution < -0.4 is 9.47 Å². The Hall–Kier alpha value is -2.73. The lowest BCUT2D eigenvalue weighted by Gasteiger charge is -2.08. The Labute approximate surface area is 206 Å². The lowest BCUT2D eigenvalue weighted by atomic mass is 10.1. The van der Waals surface area contributed by atoms with Crippen LogP contribution in [0.25, 0.3) is 11.3 Å². The van der Waals surface area contributed by atoms with Gasteiger partial charge in [-0.05, 0) is 67.8 Å². The standard InChI is InChI=1S/C28H34FNO3S/c1-3-5-7-8-9-10-20-32-22-14-12-21(13-15-22)24-17-18-25(27(29)30-24)33-28(31)26-19-16-23(34-26)11-6-4-2/h12-19H,3-11,20H2,1-2H3. The largest absolute Gasteiger partial charge is 0.494 e. The van der Waals surface area contributed by atoms with Crippen LogP contribution in [0.2, 0.25) is 0 Å². The summed E-state index contributed by atoms with van der Waals surface area (Å²) in [6.45, 7) is 5.04. The SMILES string of the molecule is CCCCCCCCOc1ccc(-c2ccc(OC(=O)c3ccc(CCCC)s3)c(F)n2)cc1. The number of halogens is 1. The van der Waals surface area contributed by atoms with Crippen molar-refractivity contribution in [2.24, 2.45) is 0 Å². The van der Waals surface area contributed by atoms with E-state index in [0.29, 0.717) is 17.2 Å².